The number of aryl methyl sites for hydroxylation is 2. The average molecular weight is 377 g/mol. The molecule has 0 radical (unpaired) electrons. The highest BCUT2D eigenvalue weighted by molar-refractivity contribution is 5.30. The number of methoxy groups -OCH3 is 1. The summed E-state index contributed by atoms with van der Waals surface area (Å²) in [7, 11) is 1.72. The second kappa shape index (κ2) is 9.02. The molecule has 146 valence electrons. The van der Waals surface area contributed by atoms with E-state index in [1.165, 1.54) is 24.0 Å². The third kappa shape index (κ3) is 4.60. The van der Waals surface area contributed by atoms with Crippen LogP contribution < -0.4 is 4.74 Å². The number of ether oxygens (including phenoxy) is 1. The van der Waals surface area contributed by atoms with Gasteiger partial charge in [0, 0.05) is 12.5 Å². The molecule has 0 amide bonds. The number of aromatic nitrogens is 2. The summed E-state index contributed by atoms with van der Waals surface area (Å²) in [5.41, 5.74) is 2.59. The zero-order chi connectivity index (χ0) is 19.2. The Hall–Kier alpha value is -2.66. The number of nitrogens with zero attached hydrogens (tertiary/aromatic N) is 3. The van der Waals surface area contributed by atoms with Gasteiger partial charge in [-0.2, -0.15) is 4.98 Å². The standard InChI is InChI=1S/C23H27N3O2/c1-27-20-11-7-10-19(16-20)21-12-5-6-15-26(21)17-23-24-22(25-28-23)14-13-18-8-3-2-4-9-18/h2-4,7-11,16,21H,5-6,12-15,17H2,1H3/t21-/m0/s1. The van der Waals surface area contributed by atoms with Crippen molar-refractivity contribution in [3.63, 3.8) is 0 Å². The number of hydrogen-bond acceptors (Lipinski definition) is 5. The maximum atomic E-state index is 5.56. The Morgan fingerprint density at radius 3 is 2.82 bits per heavy atom. The molecule has 3 aromatic rings. The van der Waals surface area contributed by atoms with Gasteiger partial charge >= 0.3 is 0 Å². The molecule has 1 saturated heterocycles. The first-order chi connectivity index (χ1) is 13.8. The fourth-order valence-corrected chi connectivity index (χ4v) is 3.94. The monoisotopic (exact) mass is 377 g/mol. The van der Waals surface area contributed by atoms with Crippen molar-refractivity contribution >= 4 is 0 Å². The van der Waals surface area contributed by atoms with Crippen LogP contribution in [0.5, 0.6) is 5.75 Å². The summed E-state index contributed by atoms with van der Waals surface area (Å²) >= 11 is 0. The van der Waals surface area contributed by atoms with Crippen molar-refractivity contribution in [2.45, 2.75) is 44.7 Å². The van der Waals surface area contributed by atoms with Gasteiger partial charge in [0.1, 0.15) is 5.75 Å². The molecule has 4 rings (SSSR count). The third-order valence-corrected chi connectivity index (χ3v) is 5.42. The first kappa shape index (κ1) is 18.7. The molecule has 1 aliphatic heterocycles. The van der Waals surface area contributed by atoms with E-state index in [0.29, 0.717) is 18.5 Å². The molecule has 2 heterocycles. The predicted molar refractivity (Wildman–Crippen MR) is 108 cm³/mol. The van der Waals surface area contributed by atoms with E-state index in [4.69, 9.17) is 9.26 Å². The Bertz CT molecular complexity index is 878. The fraction of sp³-hybridized carbons (Fsp3) is 0.391. The van der Waals surface area contributed by atoms with Crippen LogP contribution in [0, 0.1) is 0 Å². The van der Waals surface area contributed by atoms with Crippen molar-refractivity contribution in [1.82, 2.24) is 15.0 Å². The van der Waals surface area contributed by atoms with E-state index >= 15 is 0 Å². The second-order valence-corrected chi connectivity index (χ2v) is 7.35. The number of benzene rings is 2. The number of likely N-dealkylation sites (tertiary alicyclic amines) is 1. The summed E-state index contributed by atoms with van der Waals surface area (Å²) in [5, 5.41) is 4.19. The largest absolute Gasteiger partial charge is 0.497 e. The van der Waals surface area contributed by atoms with Gasteiger partial charge in [0.05, 0.1) is 13.7 Å². The molecular weight excluding hydrogens is 350 g/mol. The zero-order valence-electron chi connectivity index (χ0n) is 16.4. The molecule has 1 atom stereocenters. The highest BCUT2D eigenvalue weighted by atomic mass is 16.5. The normalized spacial score (nSPS) is 17.5. The van der Waals surface area contributed by atoms with Crippen LogP contribution in [0.2, 0.25) is 0 Å². The topological polar surface area (TPSA) is 51.4 Å². The minimum Gasteiger partial charge on any atom is -0.497 e. The van der Waals surface area contributed by atoms with E-state index in [0.717, 1.165) is 37.4 Å². The zero-order valence-corrected chi connectivity index (χ0v) is 16.4. The molecule has 28 heavy (non-hydrogen) atoms. The number of hydrogen-bond donors (Lipinski definition) is 0. The van der Waals surface area contributed by atoms with E-state index in [1.54, 1.807) is 7.11 Å². The number of rotatable bonds is 7. The van der Waals surface area contributed by atoms with Gasteiger partial charge in [0.25, 0.3) is 0 Å². The van der Waals surface area contributed by atoms with Gasteiger partial charge < -0.3 is 9.26 Å². The Morgan fingerprint density at radius 1 is 1.07 bits per heavy atom. The van der Waals surface area contributed by atoms with Crippen LogP contribution in [0.15, 0.2) is 59.1 Å². The minimum absolute atomic E-state index is 0.364. The summed E-state index contributed by atoms with van der Waals surface area (Å²) in [6, 6.07) is 19.2. The molecule has 2 aromatic carbocycles. The predicted octanol–water partition coefficient (Wildman–Crippen LogP) is 4.59. The molecule has 0 N–H and O–H groups in total. The van der Waals surface area contributed by atoms with Crippen LogP contribution in [0.25, 0.3) is 0 Å². The van der Waals surface area contributed by atoms with E-state index in [-0.39, 0.29) is 0 Å². The highest BCUT2D eigenvalue weighted by Gasteiger charge is 2.26. The van der Waals surface area contributed by atoms with E-state index in [9.17, 15) is 0 Å². The first-order valence-corrected chi connectivity index (χ1v) is 10.1. The van der Waals surface area contributed by atoms with Gasteiger partial charge in [0.2, 0.25) is 5.89 Å². The molecular formula is C23H27N3O2. The van der Waals surface area contributed by atoms with Crippen LogP contribution >= 0.6 is 0 Å². The maximum absolute atomic E-state index is 5.56. The Labute approximate surface area is 166 Å². The van der Waals surface area contributed by atoms with Gasteiger partial charge in [-0.1, -0.05) is 54.0 Å². The minimum atomic E-state index is 0.364. The van der Waals surface area contributed by atoms with Crippen LogP contribution in [0.4, 0.5) is 0 Å². The van der Waals surface area contributed by atoms with E-state index in [2.05, 4.69) is 57.5 Å². The van der Waals surface area contributed by atoms with E-state index in [1.807, 2.05) is 12.1 Å². The SMILES string of the molecule is COc1cccc([C@@H]2CCCCN2Cc2nc(CCc3ccccc3)no2)c1. The quantitative estimate of drug-likeness (QED) is 0.603. The molecule has 5 heteroatoms. The lowest BCUT2D eigenvalue weighted by Gasteiger charge is -2.35. The molecule has 0 spiro atoms. The summed E-state index contributed by atoms with van der Waals surface area (Å²) < 4.78 is 11.0. The van der Waals surface area contributed by atoms with Crippen LogP contribution in [-0.2, 0) is 19.4 Å². The molecule has 0 aliphatic carbocycles. The highest BCUT2D eigenvalue weighted by Crippen LogP contribution is 2.33. The number of piperidine rings is 1. The van der Waals surface area contributed by atoms with Gasteiger partial charge in [-0.05, 0) is 49.1 Å². The summed E-state index contributed by atoms with van der Waals surface area (Å²) in [4.78, 5) is 7.09. The van der Waals surface area contributed by atoms with Crippen molar-refractivity contribution in [2.75, 3.05) is 13.7 Å². The molecule has 1 fully saturated rings. The molecule has 0 unspecified atom stereocenters. The molecule has 0 saturated carbocycles. The van der Waals surface area contributed by atoms with Crippen molar-refractivity contribution in [1.29, 1.82) is 0 Å². The van der Waals surface area contributed by atoms with E-state index < -0.39 is 0 Å². The molecule has 5 nitrogen and oxygen atoms in total. The summed E-state index contributed by atoms with van der Waals surface area (Å²) in [6.45, 7) is 1.74. The lowest BCUT2D eigenvalue weighted by Crippen LogP contribution is -2.33. The van der Waals surface area contributed by atoms with Gasteiger partial charge in [-0.15, -0.1) is 0 Å². The Morgan fingerprint density at radius 2 is 1.96 bits per heavy atom. The van der Waals surface area contributed by atoms with Crippen LogP contribution in [-0.4, -0.2) is 28.7 Å². The molecule has 1 aromatic heterocycles. The van der Waals surface area contributed by atoms with Crippen molar-refractivity contribution in [2.24, 2.45) is 0 Å². The first-order valence-electron chi connectivity index (χ1n) is 10.1. The summed E-state index contributed by atoms with van der Waals surface area (Å²) in [5.74, 6) is 2.40. The van der Waals surface area contributed by atoms with Crippen molar-refractivity contribution in [3.05, 3.63) is 77.4 Å². The maximum Gasteiger partial charge on any atom is 0.240 e. The second-order valence-electron chi connectivity index (χ2n) is 7.35. The lowest BCUT2D eigenvalue weighted by atomic mass is 9.95. The Balaban J connectivity index is 1.41. The van der Waals surface area contributed by atoms with Crippen molar-refractivity contribution < 1.29 is 9.26 Å². The molecule has 1 aliphatic rings. The van der Waals surface area contributed by atoms with Gasteiger partial charge in [0.15, 0.2) is 5.82 Å². The lowest BCUT2D eigenvalue weighted by molar-refractivity contribution is 0.123. The van der Waals surface area contributed by atoms with Crippen molar-refractivity contribution in [3.8, 4) is 5.75 Å². The third-order valence-electron chi connectivity index (χ3n) is 5.42. The average Bonchev–Trinajstić information content (AvgIpc) is 3.21. The van der Waals surface area contributed by atoms with Crippen LogP contribution in [0.3, 0.4) is 0 Å². The molecule has 0 bridgehead atoms. The van der Waals surface area contributed by atoms with Crippen LogP contribution in [0.1, 0.15) is 48.1 Å². The van der Waals surface area contributed by atoms with Gasteiger partial charge in [-0.25, -0.2) is 0 Å². The summed E-state index contributed by atoms with van der Waals surface area (Å²) in [6.07, 6.45) is 5.31. The fourth-order valence-electron chi connectivity index (χ4n) is 3.94. The van der Waals surface area contributed by atoms with Gasteiger partial charge in [-0.3, -0.25) is 4.90 Å². The smallest absolute Gasteiger partial charge is 0.240 e. The Kier molecular flexibility index (Phi) is 6.02.